The molecule has 6 nitrogen and oxygen atoms in total. The van der Waals surface area contributed by atoms with Crippen molar-refractivity contribution in [2.75, 3.05) is 7.11 Å². The minimum atomic E-state index is -1.09. The molecule has 0 heterocycles. The number of benzene rings is 2. The lowest BCUT2D eigenvalue weighted by Gasteiger charge is -2.30. The van der Waals surface area contributed by atoms with Crippen LogP contribution in [0, 0.1) is 5.41 Å². The van der Waals surface area contributed by atoms with Gasteiger partial charge in [0.25, 0.3) is 0 Å². The number of nitrogens with two attached hydrogens (primary N) is 2. The predicted octanol–water partition coefficient (Wildman–Crippen LogP) is 2.56. The van der Waals surface area contributed by atoms with Crippen LogP contribution in [0.4, 0.5) is 0 Å². The molecule has 6 heteroatoms. The molecule has 148 valence electrons. The van der Waals surface area contributed by atoms with E-state index in [4.69, 9.17) is 16.2 Å². The van der Waals surface area contributed by atoms with E-state index in [1.807, 2.05) is 30.3 Å². The molecule has 0 saturated carbocycles. The van der Waals surface area contributed by atoms with Gasteiger partial charge in [0, 0.05) is 11.1 Å². The van der Waals surface area contributed by atoms with Gasteiger partial charge < -0.3 is 16.2 Å². The normalized spacial score (nSPS) is 18.0. The van der Waals surface area contributed by atoms with Crippen molar-refractivity contribution in [3.8, 4) is 16.9 Å². The Morgan fingerprint density at radius 1 is 1.14 bits per heavy atom. The number of rotatable bonds is 7. The van der Waals surface area contributed by atoms with Crippen LogP contribution in [-0.2, 0) is 16.0 Å². The van der Waals surface area contributed by atoms with E-state index in [-0.39, 0.29) is 12.8 Å². The molecule has 0 radical (unpaired) electrons. The van der Waals surface area contributed by atoms with Crippen molar-refractivity contribution in [1.29, 1.82) is 0 Å². The van der Waals surface area contributed by atoms with E-state index < -0.39 is 17.2 Å². The van der Waals surface area contributed by atoms with Gasteiger partial charge >= 0.3 is 0 Å². The van der Waals surface area contributed by atoms with Gasteiger partial charge in [0.05, 0.1) is 12.5 Å². The minimum Gasteiger partial charge on any atom is -0.496 e. The smallest absolute Gasteiger partial charge is 0.244 e. The first-order valence-corrected chi connectivity index (χ1v) is 9.09. The van der Waals surface area contributed by atoms with Crippen LogP contribution < -0.4 is 16.2 Å². The predicted molar refractivity (Wildman–Crippen MR) is 110 cm³/mol. The molecule has 29 heavy (non-hydrogen) atoms. The van der Waals surface area contributed by atoms with E-state index in [9.17, 15) is 14.4 Å². The van der Waals surface area contributed by atoms with E-state index >= 15 is 0 Å². The van der Waals surface area contributed by atoms with Crippen molar-refractivity contribution >= 4 is 18.1 Å². The highest BCUT2D eigenvalue weighted by molar-refractivity contribution is 5.95. The molecule has 0 aliphatic heterocycles. The van der Waals surface area contributed by atoms with E-state index in [0.29, 0.717) is 16.9 Å². The van der Waals surface area contributed by atoms with Gasteiger partial charge in [-0.1, -0.05) is 42.5 Å². The number of carbonyl (C=O) groups is 3. The number of hydrogen-bond donors (Lipinski definition) is 2. The number of primary amides is 2. The van der Waals surface area contributed by atoms with Gasteiger partial charge in [0.2, 0.25) is 11.8 Å². The van der Waals surface area contributed by atoms with Crippen molar-refractivity contribution in [2.45, 2.75) is 12.8 Å². The molecule has 1 aliphatic carbocycles. The number of amides is 2. The Labute approximate surface area is 168 Å². The van der Waals surface area contributed by atoms with Crippen LogP contribution in [0.1, 0.15) is 22.3 Å². The second-order valence-electron chi connectivity index (χ2n) is 7.06. The molecular weight excluding hydrogens is 368 g/mol. The monoisotopic (exact) mass is 390 g/mol. The first kappa shape index (κ1) is 20.1. The maximum atomic E-state index is 12.4. The van der Waals surface area contributed by atoms with Crippen LogP contribution in [0.2, 0.25) is 0 Å². The van der Waals surface area contributed by atoms with Crippen molar-refractivity contribution in [3.63, 3.8) is 0 Å². The molecule has 2 amide bonds. The Morgan fingerprint density at radius 3 is 2.55 bits per heavy atom. The maximum Gasteiger partial charge on any atom is 0.244 e. The lowest BCUT2D eigenvalue weighted by atomic mass is 9.73. The van der Waals surface area contributed by atoms with Crippen LogP contribution >= 0.6 is 0 Å². The number of hydrogen-bond acceptors (Lipinski definition) is 4. The molecule has 0 spiro atoms. The summed E-state index contributed by atoms with van der Waals surface area (Å²) in [6.07, 6.45) is 6.11. The Kier molecular flexibility index (Phi) is 5.64. The second kappa shape index (κ2) is 8.14. The van der Waals surface area contributed by atoms with Crippen LogP contribution in [-0.4, -0.2) is 25.2 Å². The first-order chi connectivity index (χ1) is 13.9. The van der Waals surface area contributed by atoms with Crippen molar-refractivity contribution in [3.05, 3.63) is 77.4 Å². The van der Waals surface area contributed by atoms with E-state index in [2.05, 4.69) is 0 Å². The Bertz CT molecular complexity index is 1040. The zero-order valence-electron chi connectivity index (χ0n) is 16.1. The zero-order chi connectivity index (χ0) is 21.0. The summed E-state index contributed by atoms with van der Waals surface area (Å²) in [4.78, 5) is 35.2. The third-order valence-corrected chi connectivity index (χ3v) is 5.17. The largest absolute Gasteiger partial charge is 0.496 e. The third-order valence-electron chi connectivity index (χ3n) is 5.17. The number of methoxy groups -OCH3 is 1. The highest BCUT2D eigenvalue weighted by Gasteiger charge is 2.38. The molecule has 4 N–H and O–H groups in total. The summed E-state index contributed by atoms with van der Waals surface area (Å²) in [5.41, 5.74) is 13.5. The van der Waals surface area contributed by atoms with E-state index in [1.165, 1.54) is 0 Å². The molecule has 1 atom stereocenters. The highest BCUT2D eigenvalue weighted by atomic mass is 16.5. The summed E-state index contributed by atoms with van der Waals surface area (Å²) in [6, 6.07) is 12.8. The SMILES string of the molecule is COc1ccc(-c2cccc(C=O)c2)cc1CC1(C(N)=O)C=CC=C(C(N)=O)C1. The van der Waals surface area contributed by atoms with Gasteiger partial charge in [-0.2, -0.15) is 0 Å². The molecule has 2 aromatic rings. The summed E-state index contributed by atoms with van der Waals surface area (Å²) in [6.45, 7) is 0. The summed E-state index contributed by atoms with van der Waals surface area (Å²) in [5.74, 6) is -0.521. The number of ether oxygens (including phenoxy) is 1. The standard InChI is InChI=1S/C23H22N2O4/c1-29-20-8-7-17(16-5-2-4-15(10-16)14-26)11-19(20)13-23(22(25)28)9-3-6-18(12-23)21(24)27/h2-11,14H,12-13H2,1H3,(H2,24,27)(H2,25,28). The fourth-order valence-electron chi connectivity index (χ4n) is 3.58. The summed E-state index contributed by atoms with van der Waals surface area (Å²) >= 11 is 0. The molecule has 1 unspecified atom stereocenters. The van der Waals surface area contributed by atoms with Crippen LogP contribution in [0.15, 0.2) is 66.3 Å². The molecule has 3 rings (SSSR count). The fraction of sp³-hybridized carbons (Fsp3) is 0.174. The molecule has 0 saturated heterocycles. The molecule has 0 bridgehead atoms. The molecule has 0 fully saturated rings. The second-order valence-corrected chi connectivity index (χ2v) is 7.06. The van der Waals surface area contributed by atoms with Gasteiger partial charge in [-0.05, 0) is 47.7 Å². The molecule has 1 aliphatic rings. The summed E-state index contributed by atoms with van der Waals surface area (Å²) in [7, 11) is 1.55. The van der Waals surface area contributed by atoms with Crippen LogP contribution in [0.25, 0.3) is 11.1 Å². The van der Waals surface area contributed by atoms with Crippen molar-refractivity contribution in [2.24, 2.45) is 16.9 Å². The van der Waals surface area contributed by atoms with Crippen LogP contribution in [0.3, 0.4) is 0 Å². The Morgan fingerprint density at radius 2 is 1.90 bits per heavy atom. The van der Waals surface area contributed by atoms with Gasteiger partial charge in [-0.15, -0.1) is 0 Å². The van der Waals surface area contributed by atoms with Gasteiger partial charge in [-0.25, -0.2) is 0 Å². The van der Waals surface area contributed by atoms with Gasteiger partial charge in [-0.3, -0.25) is 14.4 Å². The lowest BCUT2D eigenvalue weighted by Crippen LogP contribution is -2.40. The number of aldehydes is 1. The number of allylic oxidation sites excluding steroid dienone is 2. The summed E-state index contributed by atoms with van der Waals surface area (Å²) in [5, 5.41) is 0. The maximum absolute atomic E-state index is 12.4. The Balaban J connectivity index is 2.03. The average molecular weight is 390 g/mol. The fourth-order valence-corrected chi connectivity index (χ4v) is 3.58. The van der Waals surface area contributed by atoms with Gasteiger partial charge in [0.1, 0.15) is 12.0 Å². The highest BCUT2D eigenvalue weighted by Crippen LogP contribution is 2.38. The lowest BCUT2D eigenvalue weighted by molar-refractivity contribution is -0.125. The quantitative estimate of drug-likeness (QED) is 0.708. The minimum absolute atomic E-state index is 0.127. The van der Waals surface area contributed by atoms with Gasteiger partial charge in [0.15, 0.2) is 0 Å². The topological polar surface area (TPSA) is 112 Å². The third kappa shape index (κ3) is 4.11. The Hall–Kier alpha value is -3.67. The van der Waals surface area contributed by atoms with E-state index in [1.54, 1.807) is 37.5 Å². The molecular formula is C23H22N2O4. The summed E-state index contributed by atoms with van der Waals surface area (Å²) < 4.78 is 5.48. The van der Waals surface area contributed by atoms with Crippen LogP contribution in [0.5, 0.6) is 5.75 Å². The van der Waals surface area contributed by atoms with Crippen molar-refractivity contribution < 1.29 is 19.1 Å². The average Bonchev–Trinajstić information content (AvgIpc) is 2.73. The first-order valence-electron chi connectivity index (χ1n) is 9.09. The number of carbonyl (C=O) groups excluding carboxylic acids is 3. The molecule has 2 aromatic carbocycles. The zero-order valence-corrected chi connectivity index (χ0v) is 16.1. The van der Waals surface area contributed by atoms with Crippen molar-refractivity contribution in [1.82, 2.24) is 0 Å². The van der Waals surface area contributed by atoms with E-state index in [0.717, 1.165) is 23.0 Å². The molecule has 0 aromatic heterocycles.